The van der Waals surface area contributed by atoms with E-state index in [9.17, 15) is 0 Å². The Bertz CT molecular complexity index is 422. The lowest BCUT2D eigenvalue weighted by Gasteiger charge is -1.98. The third-order valence-corrected chi connectivity index (χ3v) is 1.81. The molecule has 0 bridgehead atoms. The van der Waals surface area contributed by atoms with Gasteiger partial charge in [0, 0.05) is 18.0 Å². The van der Waals surface area contributed by atoms with Crippen molar-refractivity contribution in [2.24, 2.45) is 0 Å². The lowest BCUT2D eigenvalue weighted by molar-refractivity contribution is 0.594. The predicted molar refractivity (Wildman–Crippen MR) is 48.9 cm³/mol. The SMILES string of the molecule is Cc1cnccc1-c1cnc(N)o1. The first-order chi connectivity index (χ1) is 6.27. The first kappa shape index (κ1) is 7.79. The number of aryl methyl sites for hydroxylation is 1. The monoisotopic (exact) mass is 175 g/mol. The second-order valence-electron chi connectivity index (χ2n) is 2.75. The Morgan fingerprint density at radius 2 is 2.23 bits per heavy atom. The van der Waals surface area contributed by atoms with Crippen LogP contribution >= 0.6 is 0 Å². The van der Waals surface area contributed by atoms with Crippen molar-refractivity contribution in [2.75, 3.05) is 5.73 Å². The van der Waals surface area contributed by atoms with Gasteiger partial charge in [-0.3, -0.25) is 4.98 Å². The van der Waals surface area contributed by atoms with Gasteiger partial charge >= 0.3 is 0 Å². The van der Waals surface area contributed by atoms with E-state index in [1.807, 2.05) is 13.0 Å². The van der Waals surface area contributed by atoms with E-state index in [2.05, 4.69) is 9.97 Å². The molecule has 0 fully saturated rings. The molecule has 0 aliphatic rings. The molecular weight excluding hydrogens is 166 g/mol. The van der Waals surface area contributed by atoms with Crippen LogP contribution in [0, 0.1) is 6.92 Å². The first-order valence-corrected chi connectivity index (χ1v) is 3.89. The molecule has 4 nitrogen and oxygen atoms in total. The van der Waals surface area contributed by atoms with Gasteiger partial charge in [-0.05, 0) is 18.6 Å². The van der Waals surface area contributed by atoms with E-state index in [1.54, 1.807) is 18.6 Å². The molecule has 0 amide bonds. The van der Waals surface area contributed by atoms with Crippen LogP contribution in [0.25, 0.3) is 11.3 Å². The van der Waals surface area contributed by atoms with E-state index in [1.165, 1.54) is 0 Å². The molecule has 2 N–H and O–H groups in total. The minimum absolute atomic E-state index is 0.186. The molecule has 0 saturated heterocycles. The lowest BCUT2D eigenvalue weighted by atomic mass is 10.1. The topological polar surface area (TPSA) is 64.9 Å². The minimum Gasteiger partial charge on any atom is -0.424 e. The number of rotatable bonds is 1. The summed E-state index contributed by atoms with van der Waals surface area (Å²) < 4.78 is 5.19. The lowest BCUT2D eigenvalue weighted by Crippen LogP contribution is -1.82. The summed E-state index contributed by atoms with van der Waals surface area (Å²) >= 11 is 0. The van der Waals surface area contributed by atoms with E-state index in [0.717, 1.165) is 11.1 Å². The molecule has 0 spiro atoms. The Labute approximate surface area is 75.4 Å². The Kier molecular flexibility index (Phi) is 1.73. The Balaban J connectivity index is 2.52. The second-order valence-corrected chi connectivity index (χ2v) is 2.75. The third kappa shape index (κ3) is 1.38. The number of pyridine rings is 1. The summed E-state index contributed by atoms with van der Waals surface area (Å²) in [5.74, 6) is 0.678. The zero-order valence-corrected chi connectivity index (χ0v) is 7.19. The molecule has 2 heterocycles. The normalized spacial score (nSPS) is 10.2. The molecule has 2 aromatic heterocycles. The second kappa shape index (κ2) is 2.90. The number of oxazole rings is 1. The van der Waals surface area contributed by atoms with Crippen LogP contribution in [0.15, 0.2) is 29.1 Å². The average Bonchev–Trinajstić information content (AvgIpc) is 2.53. The van der Waals surface area contributed by atoms with Crippen LogP contribution in [0.1, 0.15) is 5.56 Å². The first-order valence-electron chi connectivity index (χ1n) is 3.89. The number of nitrogens with two attached hydrogens (primary N) is 1. The van der Waals surface area contributed by atoms with Crippen molar-refractivity contribution < 1.29 is 4.42 Å². The van der Waals surface area contributed by atoms with E-state index in [4.69, 9.17) is 10.2 Å². The molecule has 0 aliphatic heterocycles. The Morgan fingerprint density at radius 1 is 1.38 bits per heavy atom. The summed E-state index contributed by atoms with van der Waals surface area (Å²) in [6.07, 6.45) is 5.09. The number of anilines is 1. The van der Waals surface area contributed by atoms with Crippen LogP contribution in [0.4, 0.5) is 6.01 Å². The molecule has 13 heavy (non-hydrogen) atoms. The highest BCUT2D eigenvalue weighted by Gasteiger charge is 2.05. The van der Waals surface area contributed by atoms with Crippen LogP contribution in [-0.4, -0.2) is 9.97 Å². The predicted octanol–water partition coefficient (Wildman–Crippen LogP) is 1.63. The van der Waals surface area contributed by atoms with Gasteiger partial charge in [-0.1, -0.05) is 0 Å². The smallest absolute Gasteiger partial charge is 0.292 e. The molecule has 0 aliphatic carbocycles. The fraction of sp³-hybridized carbons (Fsp3) is 0.111. The van der Waals surface area contributed by atoms with Crippen molar-refractivity contribution in [3.05, 3.63) is 30.2 Å². The number of hydrogen-bond donors (Lipinski definition) is 1. The number of hydrogen-bond acceptors (Lipinski definition) is 4. The van der Waals surface area contributed by atoms with E-state index in [0.29, 0.717) is 5.76 Å². The van der Waals surface area contributed by atoms with Gasteiger partial charge in [0.25, 0.3) is 6.01 Å². The van der Waals surface area contributed by atoms with Crippen LogP contribution < -0.4 is 5.73 Å². The van der Waals surface area contributed by atoms with Gasteiger partial charge in [0.05, 0.1) is 6.20 Å². The average molecular weight is 175 g/mol. The van der Waals surface area contributed by atoms with E-state index < -0.39 is 0 Å². The molecule has 0 unspecified atom stereocenters. The highest BCUT2D eigenvalue weighted by atomic mass is 16.4. The van der Waals surface area contributed by atoms with Gasteiger partial charge in [0.1, 0.15) is 0 Å². The fourth-order valence-electron chi connectivity index (χ4n) is 1.16. The summed E-state index contributed by atoms with van der Waals surface area (Å²) in [5.41, 5.74) is 7.38. The summed E-state index contributed by atoms with van der Waals surface area (Å²) in [7, 11) is 0. The minimum atomic E-state index is 0.186. The van der Waals surface area contributed by atoms with Gasteiger partial charge < -0.3 is 10.2 Å². The largest absolute Gasteiger partial charge is 0.424 e. The van der Waals surface area contributed by atoms with Gasteiger partial charge in [0.15, 0.2) is 5.76 Å². The van der Waals surface area contributed by atoms with Crippen molar-refractivity contribution in [1.82, 2.24) is 9.97 Å². The number of nitrogen functional groups attached to an aromatic ring is 1. The maximum Gasteiger partial charge on any atom is 0.292 e. The van der Waals surface area contributed by atoms with Gasteiger partial charge in [0.2, 0.25) is 0 Å². The van der Waals surface area contributed by atoms with Gasteiger partial charge in [-0.15, -0.1) is 0 Å². The third-order valence-electron chi connectivity index (χ3n) is 1.81. The van der Waals surface area contributed by atoms with Crippen molar-refractivity contribution in [3.8, 4) is 11.3 Å². The van der Waals surface area contributed by atoms with Crippen molar-refractivity contribution in [2.45, 2.75) is 6.92 Å². The molecular formula is C9H9N3O. The molecule has 2 aromatic rings. The van der Waals surface area contributed by atoms with Gasteiger partial charge in [-0.25, -0.2) is 4.98 Å². The zero-order chi connectivity index (χ0) is 9.26. The highest BCUT2D eigenvalue weighted by molar-refractivity contribution is 5.60. The van der Waals surface area contributed by atoms with Crippen molar-refractivity contribution in [3.63, 3.8) is 0 Å². The summed E-state index contributed by atoms with van der Waals surface area (Å²) in [5, 5.41) is 0. The molecule has 0 aromatic carbocycles. The fourth-order valence-corrected chi connectivity index (χ4v) is 1.16. The molecule has 66 valence electrons. The van der Waals surface area contributed by atoms with Crippen LogP contribution in [0.2, 0.25) is 0 Å². The quantitative estimate of drug-likeness (QED) is 0.715. The molecule has 4 heteroatoms. The summed E-state index contributed by atoms with van der Waals surface area (Å²) in [6, 6.07) is 2.06. The van der Waals surface area contributed by atoms with Crippen molar-refractivity contribution in [1.29, 1.82) is 0 Å². The van der Waals surface area contributed by atoms with E-state index in [-0.39, 0.29) is 6.01 Å². The molecule has 0 saturated carbocycles. The van der Waals surface area contributed by atoms with Crippen LogP contribution in [0.3, 0.4) is 0 Å². The van der Waals surface area contributed by atoms with Crippen LogP contribution in [0.5, 0.6) is 0 Å². The number of aromatic nitrogens is 2. The van der Waals surface area contributed by atoms with Crippen LogP contribution in [-0.2, 0) is 0 Å². The molecule has 0 atom stereocenters. The number of nitrogens with zero attached hydrogens (tertiary/aromatic N) is 2. The highest BCUT2D eigenvalue weighted by Crippen LogP contribution is 2.23. The van der Waals surface area contributed by atoms with Crippen molar-refractivity contribution >= 4 is 6.01 Å². The van der Waals surface area contributed by atoms with Gasteiger partial charge in [-0.2, -0.15) is 0 Å². The Hall–Kier alpha value is -1.84. The zero-order valence-electron chi connectivity index (χ0n) is 7.19. The maximum atomic E-state index is 5.37. The van der Waals surface area contributed by atoms with E-state index >= 15 is 0 Å². The Morgan fingerprint density at radius 3 is 2.85 bits per heavy atom. The summed E-state index contributed by atoms with van der Waals surface area (Å²) in [4.78, 5) is 7.81. The standard InChI is InChI=1S/C9H9N3O/c1-6-4-11-3-2-7(6)8-5-12-9(10)13-8/h2-5H,1H3,(H2,10,12). The molecule has 0 radical (unpaired) electrons. The summed E-state index contributed by atoms with van der Waals surface area (Å²) in [6.45, 7) is 1.96. The molecule has 2 rings (SSSR count). The maximum absolute atomic E-state index is 5.37.